The van der Waals surface area contributed by atoms with Crippen LogP contribution in [0.5, 0.6) is 0 Å². The number of nitrogens with zero attached hydrogens (tertiary/aromatic N) is 1. The average molecular weight is 298 g/mol. The maximum atomic E-state index is 12.2. The van der Waals surface area contributed by atoms with Crippen molar-refractivity contribution in [3.8, 4) is 0 Å². The average Bonchev–Trinajstić information content (AvgIpc) is 2.45. The highest BCUT2D eigenvalue weighted by molar-refractivity contribution is 6.18. The zero-order valence-electron chi connectivity index (χ0n) is 12.5. The van der Waals surface area contributed by atoms with Crippen LogP contribution in [0.4, 0.5) is 0 Å². The quantitative estimate of drug-likeness (QED) is 0.733. The second kappa shape index (κ2) is 6.71. The van der Waals surface area contributed by atoms with Gasteiger partial charge >= 0.3 is 0 Å². The van der Waals surface area contributed by atoms with Gasteiger partial charge in [-0.05, 0) is 19.4 Å². The van der Waals surface area contributed by atoms with Crippen molar-refractivity contribution in [1.82, 2.24) is 15.3 Å². The molecule has 0 unspecified atom stereocenters. The Hall–Kier alpha value is -2.89. The Labute approximate surface area is 128 Å². The first-order valence-corrected chi connectivity index (χ1v) is 6.83. The zero-order chi connectivity index (χ0) is 16.1. The van der Waals surface area contributed by atoms with Crippen LogP contribution in [0.3, 0.4) is 0 Å². The van der Waals surface area contributed by atoms with Gasteiger partial charge < -0.3 is 16.0 Å². The summed E-state index contributed by atoms with van der Waals surface area (Å²) in [6, 6.07) is 9.17. The molecular formula is C16H18N4O2. The summed E-state index contributed by atoms with van der Waals surface area (Å²) in [4.78, 5) is 30.4. The lowest BCUT2D eigenvalue weighted by Gasteiger charge is -2.09. The van der Waals surface area contributed by atoms with E-state index < -0.39 is 5.91 Å². The molecule has 2 rings (SSSR count). The minimum Gasteiger partial charge on any atom is -0.404 e. The number of aryl methyl sites for hydroxylation is 2. The first-order valence-electron chi connectivity index (χ1n) is 6.83. The Morgan fingerprint density at radius 3 is 2.77 bits per heavy atom. The van der Waals surface area contributed by atoms with Crippen molar-refractivity contribution in [2.45, 2.75) is 20.4 Å². The number of carbonyl (C=O) groups is 1. The van der Waals surface area contributed by atoms with E-state index in [-0.39, 0.29) is 17.0 Å². The van der Waals surface area contributed by atoms with Crippen molar-refractivity contribution >= 4 is 11.5 Å². The van der Waals surface area contributed by atoms with E-state index in [1.807, 2.05) is 31.2 Å². The molecule has 114 valence electrons. The highest BCUT2D eigenvalue weighted by Crippen LogP contribution is 2.08. The van der Waals surface area contributed by atoms with Crippen molar-refractivity contribution in [2.24, 2.45) is 5.73 Å². The maximum Gasteiger partial charge on any atom is 0.256 e. The van der Waals surface area contributed by atoms with Crippen LogP contribution >= 0.6 is 0 Å². The summed E-state index contributed by atoms with van der Waals surface area (Å²) in [5.74, 6) is -0.230. The van der Waals surface area contributed by atoms with Crippen LogP contribution in [0.1, 0.15) is 22.6 Å². The molecule has 22 heavy (non-hydrogen) atoms. The predicted molar refractivity (Wildman–Crippen MR) is 84.8 cm³/mol. The highest BCUT2D eigenvalue weighted by Gasteiger charge is 2.14. The fourth-order valence-electron chi connectivity index (χ4n) is 2.07. The van der Waals surface area contributed by atoms with Gasteiger partial charge in [0.1, 0.15) is 5.82 Å². The van der Waals surface area contributed by atoms with E-state index in [2.05, 4.69) is 15.3 Å². The molecular weight excluding hydrogens is 280 g/mol. The molecule has 0 aliphatic rings. The lowest BCUT2D eigenvalue weighted by Crippen LogP contribution is -2.26. The van der Waals surface area contributed by atoms with Gasteiger partial charge in [0.15, 0.2) is 0 Å². The van der Waals surface area contributed by atoms with Crippen LogP contribution in [0, 0.1) is 13.8 Å². The fraction of sp³-hybridized carbons (Fsp3) is 0.188. The Kier molecular flexibility index (Phi) is 4.73. The minimum atomic E-state index is -0.391. The number of aromatic nitrogens is 2. The summed E-state index contributed by atoms with van der Waals surface area (Å²) in [7, 11) is 0. The van der Waals surface area contributed by atoms with Gasteiger partial charge in [-0.2, -0.15) is 0 Å². The van der Waals surface area contributed by atoms with Crippen molar-refractivity contribution < 1.29 is 4.79 Å². The van der Waals surface area contributed by atoms with Gasteiger partial charge in [0.2, 0.25) is 0 Å². The van der Waals surface area contributed by atoms with E-state index in [0.717, 1.165) is 17.3 Å². The molecule has 0 aliphatic heterocycles. The third kappa shape index (κ3) is 3.82. The van der Waals surface area contributed by atoms with Gasteiger partial charge in [0.25, 0.3) is 11.5 Å². The van der Waals surface area contributed by atoms with Crippen molar-refractivity contribution in [3.05, 3.63) is 69.5 Å². The zero-order valence-corrected chi connectivity index (χ0v) is 12.5. The Balaban J connectivity index is 2.14. The van der Waals surface area contributed by atoms with Crippen LogP contribution in [0.2, 0.25) is 0 Å². The number of rotatable bonds is 4. The number of nitrogens with two attached hydrogens (primary N) is 1. The number of aromatic amines is 1. The summed E-state index contributed by atoms with van der Waals surface area (Å²) < 4.78 is 0. The molecule has 0 spiro atoms. The summed E-state index contributed by atoms with van der Waals surface area (Å²) in [6.07, 6.45) is 1.14. The number of benzene rings is 1. The second-order valence-corrected chi connectivity index (χ2v) is 4.99. The van der Waals surface area contributed by atoms with Gasteiger partial charge in [-0.15, -0.1) is 0 Å². The Morgan fingerprint density at radius 2 is 2.14 bits per heavy atom. The smallest absolute Gasteiger partial charge is 0.256 e. The molecule has 6 heteroatoms. The normalized spacial score (nSPS) is 11.3. The van der Waals surface area contributed by atoms with Gasteiger partial charge in [-0.3, -0.25) is 9.59 Å². The number of hydrogen-bond donors (Lipinski definition) is 3. The molecule has 0 radical (unpaired) electrons. The van der Waals surface area contributed by atoms with E-state index in [1.165, 1.54) is 6.07 Å². The first-order chi connectivity index (χ1) is 10.5. The van der Waals surface area contributed by atoms with Crippen LogP contribution in [-0.2, 0) is 11.3 Å². The van der Waals surface area contributed by atoms with Crippen molar-refractivity contribution in [3.63, 3.8) is 0 Å². The SMILES string of the molecule is Cc1cccc(CNC(=O)C(=CN)c2nc(C)cc(=O)[nH]2)c1. The molecule has 0 bridgehead atoms. The van der Waals surface area contributed by atoms with Gasteiger partial charge in [-0.1, -0.05) is 29.8 Å². The molecule has 1 heterocycles. The second-order valence-electron chi connectivity index (χ2n) is 4.99. The highest BCUT2D eigenvalue weighted by atomic mass is 16.2. The third-order valence-corrected chi connectivity index (χ3v) is 3.07. The monoisotopic (exact) mass is 298 g/mol. The fourth-order valence-corrected chi connectivity index (χ4v) is 2.07. The Morgan fingerprint density at radius 1 is 1.36 bits per heavy atom. The van der Waals surface area contributed by atoms with Gasteiger partial charge in [-0.25, -0.2) is 4.98 Å². The largest absolute Gasteiger partial charge is 0.404 e. The molecule has 0 aliphatic carbocycles. The van der Waals surface area contributed by atoms with Gasteiger partial charge in [0, 0.05) is 24.5 Å². The maximum absolute atomic E-state index is 12.2. The molecule has 2 aromatic rings. The summed E-state index contributed by atoms with van der Waals surface area (Å²) >= 11 is 0. The number of nitrogens with one attached hydrogen (secondary N) is 2. The molecule has 0 atom stereocenters. The molecule has 1 aromatic carbocycles. The van der Waals surface area contributed by atoms with E-state index >= 15 is 0 Å². The van der Waals surface area contributed by atoms with Crippen molar-refractivity contribution in [1.29, 1.82) is 0 Å². The van der Waals surface area contributed by atoms with E-state index in [1.54, 1.807) is 6.92 Å². The van der Waals surface area contributed by atoms with E-state index in [0.29, 0.717) is 12.2 Å². The summed E-state index contributed by atoms with van der Waals surface area (Å²) in [6.45, 7) is 4.03. The standard InChI is InChI=1S/C16H18N4O2/c1-10-4-3-5-12(6-10)9-18-16(22)13(8-17)15-19-11(2)7-14(21)20-15/h3-8H,9,17H2,1-2H3,(H,18,22)(H,19,20,21). The van der Waals surface area contributed by atoms with Crippen molar-refractivity contribution in [2.75, 3.05) is 0 Å². The van der Waals surface area contributed by atoms with Gasteiger partial charge in [0.05, 0.1) is 5.57 Å². The number of carbonyl (C=O) groups excluding carboxylic acids is 1. The molecule has 0 fully saturated rings. The minimum absolute atomic E-state index is 0.133. The van der Waals surface area contributed by atoms with Crippen LogP contribution in [0.25, 0.3) is 5.57 Å². The van der Waals surface area contributed by atoms with E-state index in [4.69, 9.17) is 5.73 Å². The molecule has 0 saturated carbocycles. The number of hydrogen-bond acceptors (Lipinski definition) is 4. The molecule has 0 saturated heterocycles. The Bertz CT molecular complexity index is 778. The van der Waals surface area contributed by atoms with Crippen LogP contribution < -0.4 is 16.6 Å². The molecule has 1 aromatic heterocycles. The number of amides is 1. The molecule has 6 nitrogen and oxygen atoms in total. The topological polar surface area (TPSA) is 101 Å². The molecule has 4 N–H and O–H groups in total. The first kappa shape index (κ1) is 15.5. The van der Waals surface area contributed by atoms with Crippen LogP contribution in [0.15, 0.2) is 41.3 Å². The third-order valence-electron chi connectivity index (χ3n) is 3.07. The lowest BCUT2D eigenvalue weighted by molar-refractivity contribution is -0.115. The predicted octanol–water partition coefficient (Wildman–Crippen LogP) is 1.00. The molecule has 1 amide bonds. The number of H-pyrrole nitrogens is 1. The van der Waals surface area contributed by atoms with Crippen LogP contribution in [-0.4, -0.2) is 15.9 Å². The lowest BCUT2D eigenvalue weighted by atomic mass is 10.1. The summed E-state index contributed by atoms with van der Waals surface area (Å²) in [5, 5.41) is 2.77. The van der Waals surface area contributed by atoms with E-state index in [9.17, 15) is 9.59 Å². The summed E-state index contributed by atoms with van der Waals surface area (Å²) in [5.41, 5.74) is 7.94.